The number of aromatic nitrogens is 6. The molecule has 0 aliphatic heterocycles. The third kappa shape index (κ3) is 3.73. The van der Waals surface area contributed by atoms with Gasteiger partial charge in [0.15, 0.2) is 0 Å². The summed E-state index contributed by atoms with van der Waals surface area (Å²) in [5.41, 5.74) is 3.19. The van der Waals surface area contributed by atoms with Crippen molar-refractivity contribution in [2.24, 2.45) is 7.05 Å². The molecule has 2 heterocycles. The molecule has 3 aromatic rings. The molecule has 0 radical (unpaired) electrons. The molecule has 1 unspecified atom stereocenters. The summed E-state index contributed by atoms with van der Waals surface area (Å²) in [5, 5.41) is 19.7. The number of amides is 1. The molecule has 0 aliphatic carbocycles. The van der Waals surface area contributed by atoms with E-state index in [1.807, 2.05) is 40.0 Å². The molecule has 1 N–H and O–H groups in total. The maximum absolute atomic E-state index is 12.6. The molecular weight excluding hydrogens is 374 g/mol. The minimum Gasteiger partial charge on any atom is -0.322 e. The lowest BCUT2D eigenvalue weighted by molar-refractivity contribution is -0.115. The van der Waals surface area contributed by atoms with E-state index < -0.39 is 5.25 Å². The molecule has 1 amide bonds. The molecular formula is C16H18ClN7OS. The van der Waals surface area contributed by atoms with Gasteiger partial charge in [-0.1, -0.05) is 23.4 Å². The zero-order valence-electron chi connectivity index (χ0n) is 14.8. The minimum absolute atomic E-state index is 0.139. The van der Waals surface area contributed by atoms with Gasteiger partial charge in [-0.05, 0) is 55.5 Å². The van der Waals surface area contributed by atoms with Crippen molar-refractivity contribution in [1.29, 1.82) is 0 Å². The van der Waals surface area contributed by atoms with Crippen molar-refractivity contribution in [3.8, 4) is 5.69 Å². The summed E-state index contributed by atoms with van der Waals surface area (Å²) in [5.74, 6) is -0.139. The van der Waals surface area contributed by atoms with Crippen LogP contribution in [0.3, 0.4) is 0 Å². The highest BCUT2D eigenvalue weighted by atomic mass is 35.5. The molecule has 136 valence electrons. The first kappa shape index (κ1) is 18.4. The summed E-state index contributed by atoms with van der Waals surface area (Å²) in [7, 11) is 1.84. The number of hydrogen-bond donors (Lipinski definition) is 1. The molecule has 0 aliphatic rings. The van der Waals surface area contributed by atoms with Gasteiger partial charge in [-0.25, -0.2) is 0 Å². The van der Waals surface area contributed by atoms with Crippen LogP contribution in [0.25, 0.3) is 5.69 Å². The van der Waals surface area contributed by atoms with Crippen molar-refractivity contribution in [2.75, 3.05) is 5.32 Å². The van der Waals surface area contributed by atoms with Crippen LogP contribution in [0.15, 0.2) is 29.4 Å². The first-order valence-electron chi connectivity index (χ1n) is 7.89. The van der Waals surface area contributed by atoms with Crippen molar-refractivity contribution in [3.05, 3.63) is 40.7 Å². The second kappa shape index (κ2) is 7.46. The van der Waals surface area contributed by atoms with Gasteiger partial charge in [0.05, 0.1) is 28.0 Å². The normalized spacial score (nSPS) is 12.2. The number of tetrazole rings is 1. The Hall–Kier alpha value is -2.39. The van der Waals surface area contributed by atoms with E-state index in [1.54, 1.807) is 21.5 Å². The van der Waals surface area contributed by atoms with Crippen LogP contribution in [0, 0.1) is 13.8 Å². The van der Waals surface area contributed by atoms with Gasteiger partial charge >= 0.3 is 0 Å². The molecule has 2 aromatic heterocycles. The number of benzene rings is 1. The summed E-state index contributed by atoms with van der Waals surface area (Å²) < 4.78 is 3.31. The number of anilines is 1. The molecule has 0 bridgehead atoms. The summed E-state index contributed by atoms with van der Waals surface area (Å²) in [6.45, 7) is 5.58. The maximum atomic E-state index is 12.6. The van der Waals surface area contributed by atoms with E-state index in [9.17, 15) is 4.79 Å². The van der Waals surface area contributed by atoms with Gasteiger partial charge in [-0.15, -0.1) is 5.10 Å². The van der Waals surface area contributed by atoms with Crippen LogP contribution >= 0.6 is 23.4 Å². The number of carbonyl (C=O) groups is 1. The zero-order valence-corrected chi connectivity index (χ0v) is 16.3. The van der Waals surface area contributed by atoms with Gasteiger partial charge in [-0.2, -0.15) is 9.78 Å². The fourth-order valence-electron chi connectivity index (χ4n) is 2.39. The van der Waals surface area contributed by atoms with Crippen LogP contribution in [0.5, 0.6) is 0 Å². The van der Waals surface area contributed by atoms with E-state index in [2.05, 4.69) is 25.9 Å². The van der Waals surface area contributed by atoms with E-state index in [0.29, 0.717) is 10.2 Å². The van der Waals surface area contributed by atoms with Gasteiger partial charge in [0, 0.05) is 12.1 Å². The fourth-order valence-corrected chi connectivity index (χ4v) is 3.32. The Bertz CT molecular complexity index is 935. The van der Waals surface area contributed by atoms with Crippen molar-refractivity contribution in [1.82, 2.24) is 30.0 Å². The van der Waals surface area contributed by atoms with E-state index >= 15 is 0 Å². The standard InChI is InChI=1S/C16H18ClN7OS/c1-9-14(10(2)23(4)20-9)18-15(25)11(3)26-16-19-21-22-24(16)13-7-5-12(17)6-8-13/h5-8,11H,1-4H3,(H,18,25). The molecule has 26 heavy (non-hydrogen) atoms. The number of aryl methyl sites for hydroxylation is 2. The van der Waals surface area contributed by atoms with Crippen LogP contribution < -0.4 is 5.32 Å². The van der Waals surface area contributed by atoms with Crippen LogP contribution in [-0.4, -0.2) is 41.1 Å². The number of carbonyl (C=O) groups excluding carboxylic acids is 1. The van der Waals surface area contributed by atoms with Gasteiger partial charge < -0.3 is 5.32 Å². The third-order valence-electron chi connectivity index (χ3n) is 3.92. The maximum Gasteiger partial charge on any atom is 0.237 e. The lowest BCUT2D eigenvalue weighted by Gasteiger charge is -2.12. The minimum atomic E-state index is -0.397. The lowest BCUT2D eigenvalue weighted by Crippen LogP contribution is -2.23. The average Bonchev–Trinajstić information content (AvgIpc) is 3.15. The summed E-state index contributed by atoms with van der Waals surface area (Å²) in [6, 6.07) is 7.15. The number of hydrogen-bond acceptors (Lipinski definition) is 6. The highest BCUT2D eigenvalue weighted by Crippen LogP contribution is 2.25. The van der Waals surface area contributed by atoms with Crippen molar-refractivity contribution in [3.63, 3.8) is 0 Å². The quantitative estimate of drug-likeness (QED) is 0.672. The van der Waals surface area contributed by atoms with E-state index in [4.69, 9.17) is 11.6 Å². The smallest absolute Gasteiger partial charge is 0.237 e. The van der Waals surface area contributed by atoms with Gasteiger partial charge in [-0.3, -0.25) is 9.48 Å². The number of rotatable bonds is 5. The van der Waals surface area contributed by atoms with Crippen LogP contribution in [0.2, 0.25) is 5.02 Å². The molecule has 8 nitrogen and oxygen atoms in total. The van der Waals surface area contributed by atoms with Crippen molar-refractivity contribution < 1.29 is 4.79 Å². The fraction of sp³-hybridized carbons (Fsp3) is 0.312. The van der Waals surface area contributed by atoms with Gasteiger partial charge in [0.2, 0.25) is 11.1 Å². The molecule has 3 rings (SSSR count). The molecule has 0 fully saturated rings. The van der Waals surface area contributed by atoms with Gasteiger partial charge in [0.25, 0.3) is 0 Å². The highest BCUT2D eigenvalue weighted by Gasteiger charge is 2.21. The van der Waals surface area contributed by atoms with Crippen molar-refractivity contribution >= 4 is 35.0 Å². The average molecular weight is 392 g/mol. The molecule has 0 spiro atoms. The van der Waals surface area contributed by atoms with Crippen LogP contribution in [0.4, 0.5) is 5.69 Å². The monoisotopic (exact) mass is 391 g/mol. The Balaban J connectivity index is 1.74. The highest BCUT2D eigenvalue weighted by molar-refractivity contribution is 8.00. The number of nitrogens with zero attached hydrogens (tertiary/aromatic N) is 6. The van der Waals surface area contributed by atoms with E-state index in [1.165, 1.54) is 11.8 Å². The third-order valence-corrected chi connectivity index (χ3v) is 5.21. The second-order valence-electron chi connectivity index (χ2n) is 5.77. The predicted molar refractivity (Wildman–Crippen MR) is 101 cm³/mol. The second-order valence-corrected chi connectivity index (χ2v) is 7.51. The van der Waals surface area contributed by atoms with Crippen molar-refractivity contribution in [2.45, 2.75) is 31.2 Å². The predicted octanol–water partition coefficient (Wildman–Crippen LogP) is 2.79. The van der Waals surface area contributed by atoms with E-state index in [-0.39, 0.29) is 5.91 Å². The molecule has 1 aromatic carbocycles. The molecule has 1 atom stereocenters. The molecule has 0 saturated carbocycles. The molecule has 10 heteroatoms. The Morgan fingerprint density at radius 1 is 1.27 bits per heavy atom. The van der Waals surface area contributed by atoms with E-state index in [0.717, 1.165) is 22.8 Å². The van der Waals surface area contributed by atoms with Crippen LogP contribution in [-0.2, 0) is 11.8 Å². The Morgan fingerprint density at radius 3 is 2.58 bits per heavy atom. The SMILES string of the molecule is Cc1nn(C)c(C)c1NC(=O)C(C)Sc1nnnn1-c1ccc(Cl)cc1. The van der Waals surface area contributed by atoms with Crippen LogP contribution in [0.1, 0.15) is 18.3 Å². The summed E-state index contributed by atoms with van der Waals surface area (Å²) in [4.78, 5) is 12.6. The molecule has 0 saturated heterocycles. The number of nitrogens with one attached hydrogen (secondary N) is 1. The summed E-state index contributed by atoms with van der Waals surface area (Å²) >= 11 is 7.19. The number of halogens is 1. The largest absolute Gasteiger partial charge is 0.322 e. The Kier molecular flexibility index (Phi) is 5.28. The first-order chi connectivity index (χ1) is 12.4. The number of thioether (sulfide) groups is 1. The lowest BCUT2D eigenvalue weighted by atomic mass is 10.3. The first-order valence-corrected chi connectivity index (χ1v) is 9.14. The Morgan fingerprint density at radius 2 is 1.96 bits per heavy atom. The Labute approximate surface area is 159 Å². The zero-order chi connectivity index (χ0) is 18.8. The summed E-state index contributed by atoms with van der Waals surface area (Å²) in [6.07, 6.45) is 0. The van der Waals surface area contributed by atoms with Gasteiger partial charge in [0.1, 0.15) is 0 Å². The topological polar surface area (TPSA) is 90.5 Å².